The molecule has 0 unspecified atom stereocenters. The SMILES string of the molecule is Cc1ccc(-c2c(CN3CCN(C)CC3)cccc2C(N)=O)cc1. The Morgan fingerprint density at radius 2 is 1.71 bits per heavy atom. The van der Waals surface area contributed by atoms with Gasteiger partial charge in [-0.05, 0) is 36.7 Å². The van der Waals surface area contributed by atoms with Crippen molar-refractivity contribution in [2.45, 2.75) is 13.5 Å². The zero-order valence-corrected chi connectivity index (χ0v) is 14.5. The number of amides is 1. The number of benzene rings is 2. The summed E-state index contributed by atoms with van der Waals surface area (Å²) in [5, 5.41) is 0. The Bertz CT molecular complexity index is 716. The summed E-state index contributed by atoms with van der Waals surface area (Å²) in [6.45, 7) is 7.16. The predicted molar refractivity (Wildman–Crippen MR) is 97.9 cm³/mol. The Balaban J connectivity index is 1.97. The van der Waals surface area contributed by atoms with E-state index in [0.29, 0.717) is 5.56 Å². The fourth-order valence-corrected chi connectivity index (χ4v) is 3.25. The summed E-state index contributed by atoms with van der Waals surface area (Å²) in [5.74, 6) is -0.370. The highest BCUT2D eigenvalue weighted by Gasteiger charge is 2.19. The molecule has 2 N–H and O–H groups in total. The monoisotopic (exact) mass is 323 g/mol. The zero-order chi connectivity index (χ0) is 17.1. The summed E-state index contributed by atoms with van der Waals surface area (Å²) < 4.78 is 0. The molecule has 1 aliphatic rings. The molecule has 1 saturated heterocycles. The lowest BCUT2D eigenvalue weighted by atomic mass is 9.93. The average molecular weight is 323 g/mol. The number of piperazine rings is 1. The largest absolute Gasteiger partial charge is 0.366 e. The fraction of sp³-hybridized carbons (Fsp3) is 0.350. The zero-order valence-electron chi connectivity index (χ0n) is 14.5. The Hall–Kier alpha value is -2.17. The molecule has 1 fully saturated rings. The second-order valence-electron chi connectivity index (χ2n) is 6.65. The van der Waals surface area contributed by atoms with E-state index in [1.807, 2.05) is 12.1 Å². The van der Waals surface area contributed by atoms with E-state index in [1.54, 1.807) is 0 Å². The van der Waals surface area contributed by atoms with Crippen LogP contribution in [0.3, 0.4) is 0 Å². The third kappa shape index (κ3) is 3.66. The van der Waals surface area contributed by atoms with Gasteiger partial charge in [0.15, 0.2) is 0 Å². The molecule has 0 aromatic heterocycles. The van der Waals surface area contributed by atoms with Gasteiger partial charge in [0.05, 0.1) is 0 Å². The topological polar surface area (TPSA) is 49.6 Å². The van der Waals surface area contributed by atoms with Crippen molar-refractivity contribution in [1.82, 2.24) is 9.80 Å². The van der Waals surface area contributed by atoms with Gasteiger partial charge in [-0.25, -0.2) is 0 Å². The van der Waals surface area contributed by atoms with Gasteiger partial charge < -0.3 is 10.6 Å². The second-order valence-corrected chi connectivity index (χ2v) is 6.65. The number of carbonyl (C=O) groups excluding carboxylic acids is 1. The van der Waals surface area contributed by atoms with Crippen molar-refractivity contribution in [3.63, 3.8) is 0 Å². The van der Waals surface area contributed by atoms with Crippen molar-refractivity contribution in [1.29, 1.82) is 0 Å². The average Bonchev–Trinajstić information content (AvgIpc) is 2.57. The molecule has 24 heavy (non-hydrogen) atoms. The van der Waals surface area contributed by atoms with Crippen LogP contribution in [0.5, 0.6) is 0 Å². The van der Waals surface area contributed by atoms with Crippen LogP contribution < -0.4 is 5.73 Å². The lowest BCUT2D eigenvalue weighted by Crippen LogP contribution is -2.44. The minimum Gasteiger partial charge on any atom is -0.366 e. The van der Waals surface area contributed by atoms with E-state index < -0.39 is 0 Å². The summed E-state index contributed by atoms with van der Waals surface area (Å²) in [5.41, 5.74) is 10.6. The number of carbonyl (C=O) groups is 1. The van der Waals surface area contributed by atoms with Crippen molar-refractivity contribution in [3.8, 4) is 11.1 Å². The van der Waals surface area contributed by atoms with Gasteiger partial charge in [0.1, 0.15) is 0 Å². The van der Waals surface area contributed by atoms with Gasteiger partial charge in [-0.1, -0.05) is 42.0 Å². The van der Waals surface area contributed by atoms with E-state index >= 15 is 0 Å². The van der Waals surface area contributed by atoms with Gasteiger partial charge in [-0.15, -0.1) is 0 Å². The summed E-state index contributed by atoms with van der Waals surface area (Å²) >= 11 is 0. The molecule has 0 bridgehead atoms. The van der Waals surface area contributed by atoms with Gasteiger partial charge in [-0.3, -0.25) is 9.69 Å². The third-order valence-electron chi connectivity index (χ3n) is 4.75. The van der Waals surface area contributed by atoms with Gasteiger partial charge in [0.25, 0.3) is 0 Å². The quantitative estimate of drug-likeness (QED) is 0.940. The van der Waals surface area contributed by atoms with Crippen LogP contribution in [0.2, 0.25) is 0 Å². The predicted octanol–water partition coefficient (Wildman–Crippen LogP) is 2.51. The number of likely N-dealkylation sites (N-methyl/N-ethyl adjacent to an activating group) is 1. The number of aryl methyl sites for hydroxylation is 1. The first-order valence-corrected chi connectivity index (χ1v) is 8.44. The number of nitrogens with two attached hydrogens (primary N) is 1. The second kappa shape index (κ2) is 7.16. The molecule has 0 aliphatic carbocycles. The highest BCUT2D eigenvalue weighted by molar-refractivity contribution is 6.00. The Kier molecular flexibility index (Phi) is 4.97. The normalized spacial score (nSPS) is 16.2. The van der Waals surface area contributed by atoms with E-state index in [9.17, 15) is 4.79 Å². The van der Waals surface area contributed by atoms with Crippen molar-refractivity contribution in [2.75, 3.05) is 33.2 Å². The molecule has 2 aromatic carbocycles. The van der Waals surface area contributed by atoms with Crippen molar-refractivity contribution in [2.24, 2.45) is 5.73 Å². The first-order chi connectivity index (χ1) is 11.5. The number of primary amides is 1. The lowest BCUT2D eigenvalue weighted by Gasteiger charge is -2.33. The molecule has 126 valence electrons. The maximum atomic E-state index is 12.0. The molecular weight excluding hydrogens is 298 g/mol. The van der Waals surface area contributed by atoms with E-state index in [4.69, 9.17) is 5.73 Å². The van der Waals surface area contributed by atoms with E-state index in [2.05, 4.69) is 54.1 Å². The van der Waals surface area contributed by atoms with Crippen LogP contribution in [0, 0.1) is 6.92 Å². The summed E-state index contributed by atoms with van der Waals surface area (Å²) in [6.07, 6.45) is 0. The molecular formula is C20H25N3O. The number of hydrogen-bond donors (Lipinski definition) is 1. The highest BCUT2D eigenvalue weighted by Crippen LogP contribution is 2.29. The van der Waals surface area contributed by atoms with E-state index in [-0.39, 0.29) is 5.91 Å². The van der Waals surface area contributed by atoms with E-state index in [1.165, 1.54) is 11.1 Å². The van der Waals surface area contributed by atoms with Crippen LogP contribution in [0.25, 0.3) is 11.1 Å². The lowest BCUT2D eigenvalue weighted by molar-refractivity contribution is 0.100. The van der Waals surface area contributed by atoms with Crippen LogP contribution >= 0.6 is 0 Å². The first-order valence-electron chi connectivity index (χ1n) is 8.44. The molecule has 4 heteroatoms. The standard InChI is InChI=1S/C20H25N3O/c1-15-6-8-16(9-7-15)19-17(4-3-5-18(19)20(21)24)14-23-12-10-22(2)11-13-23/h3-9H,10-14H2,1-2H3,(H2,21,24). The van der Waals surface area contributed by atoms with E-state index in [0.717, 1.165) is 43.9 Å². The van der Waals surface area contributed by atoms with Gasteiger partial charge in [-0.2, -0.15) is 0 Å². The van der Waals surface area contributed by atoms with Gasteiger partial charge in [0.2, 0.25) is 5.91 Å². The molecule has 4 nitrogen and oxygen atoms in total. The number of nitrogens with zero attached hydrogens (tertiary/aromatic N) is 2. The van der Waals surface area contributed by atoms with Crippen LogP contribution in [0.4, 0.5) is 0 Å². The van der Waals surface area contributed by atoms with Crippen molar-refractivity contribution < 1.29 is 4.79 Å². The molecule has 0 radical (unpaired) electrons. The molecule has 0 saturated carbocycles. The van der Waals surface area contributed by atoms with Crippen LogP contribution in [0.1, 0.15) is 21.5 Å². The number of hydrogen-bond acceptors (Lipinski definition) is 3. The smallest absolute Gasteiger partial charge is 0.249 e. The molecule has 0 spiro atoms. The maximum absolute atomic E-state index is 12.0. The third-order valence-corrected chi connectivity index (χ3v) is 4.75. The van der Waals surface area contributed by atoms with Crippen LogP contribution in [0.15, 0.2) is 42.5 Å². The fourth-order valence-electron chi connectivity index (χ4n) is 3.25. The van der Waals surface area contributed by atoms with Crippen molar-refractivity contribution in [3.05, 3.63) is 59.2 Å². The van der Waals surface area contributed by atoms with Gasteiger partial charge >= 0.3 is 0 Å². The molecule has 2 aromatic rings. The highest BCUT2D eigenvalue weighted by atomic mass is 16.1. The van der Waals surface area contributed by atoms with Gasteiger partial charge in [0, 0.05) is 38.3 Å². The van der Waals surface area contributed by atoms with Crippen LogP contribution in [-0.2, 0) is 6.54 Å². The van der Waals surface area contributed by atoms with Crippen LogP contribution in [-0.4, -0.2) is 48.9 Å². The molecule has 1 amide bonds. The molecule has 0 atom stereocenters. The summed E-state index contributed by atoms with van der Waals surface area (Å²) in [4.78, 5) is 16.7. The first kappa shape index (κ1) is 16.7. The Morgan fingerprint density at radius 3 is 2.33 bits per heavy atom. The summed E-state index contributed by atoms with van der Waals surface area (Å²) in [7, 11) is 2.16. The maximum Gasteiger partial charge on any atom is 0.249 e. The molecule has 1 heterocycles. The number of rotatable bonds is 4. The summed E-state index contributed by atoms with van der Waals surface area (Å²) in [6, 6.07) is 14.2. The minimum absolute atomic E-state index is 0.370. The molecule has 3 rings (SSSR count). The Morgan fingerprint density at radius 1 is 1.04 bits per heavy atom. The molecule has 1 aliphatic heterocycles. The Labute approximate surface area is 143 Å². The minimum atomic E-state index is -0.370. The van der Waals surface area contributed by atoms with Crippen molar-refractivity contribution >= 4 is 5.91 Å².